The highest BCUT2D eigenvalue weighted by Crippen LogP contribution is 2.28. The Labute approximate surface area is 128 Å². The SMILES string of the molecule is CCNC(C#N)(CC)CCCOc1ccc(C)cc1OC. The van der Waals surface area contributed by atoms with Crippen LogP contribution in [0.1, 0.15) is 38.7 Å². The van der Waals surface area contributed by atoms with Crippen LogP contribution in [0.15, 0.2) is 18.2 Å². The molecule has 0 aromatic heterocycles. The van der Waals surface area contributed by atoms with Crippen molar-refractivity contribution in [3.63, 3.8) is 0 Å². The van der Waals surface area contributed by atoms with E-state index < -0.39 is 5.54 Å². The van der Waals surface area contributed by atoms with Gasteiger partial charge in [0.1, 0.15) is 5.54 Å². The monoisotopic (exact) mass is 290 g/mol. The summed E-state index contributed by atoms with van der Waals surface area (Å²) in [6, 6.07) is 8.29. The van der Waals surface area contributed by atoms with Crippen molar-refractivity contribution in [1.82, 2.24) is 5.32 Å². The molecule has 1 rings (SSSR count). The van der Waals surface area contributed by atoms with Gasteiger partial charge in [0.2, 0.25) is 0 Å². The van der Waals surface area contributed by atoms with Gasteiger partial charge in [-0.15, -0.1) is 0 Å². The highest BCUT2D eigenvalue weighted by molar-refractivity contribution is 5.42. The zero-order chi connectivity index (χ0) is 15.7. The number of methoxy groups -OCH3 is 1. The first-order chi connectivity index (χ1) is 10.1. The molecule has 0 aliphatic carbocycles. The third-order valence-electron chi connectivity index (χ3n) is 3.66. The molecule has 21 heavy (non-hydrogen) atoms. The summed E-state index contributed by atoms with van der Waals surface area (Å²) in [5, 5.41) is 12.6. The first-order valence-electron chi connectivity index (χ1n) is 7.54. The molecule has 0 amide bonds. The first-order valence-corrected chi connectivity index (χ1v) is 7.54. The maximum absolute atomic E-state index is 9.36. The van der Waals surface area contributed by atoms with Gasteiger partial charge in [0.05, 0.1) is 19.8 Å². The van der Waals surface area contributed by atoms with Gasteiger partial charge >= 0.3 is 0 Å². The zero-order valence-corrected chi connectivity index (χ0v) is 13.5. The van der Waals surface area contributed by atoms with E-state index in [-0.39, 0.29) is 0 Å². The van der Waals surface area contributed by atoms with Crippen molar-refractivity contribution < 1.29 is 9.47 Å². The smallest absolute Gasteiger partial charge is 0.161 e. The fourth-order valence-electron chi connectivity index (χ4n) is 2.35. The van der Waals surface area contributed by atoms with Crippen LogP contribution in [0.2, 0.25) is 0 Å². The molecule has 116 valence electrons. The fraction of sp³-hybridized carbons (Fsp3) is 0.588. The number of aryl methyl sites for hydroxylation is 1. The summed E-state index contributed by atoms with van der Waals surface area (Å²) in [5.41, 5.74) is 0.705. The molecule has 0 fully saturated rings. The van der Waals surface area contributed by atoms with Gasteiger partial charge in [0.15, 0.2) is 11.5 Å². The highest BCUT2D eigenvalue weighted by atomic mass is 16.5. The van der Waals surface area contributed by atoms with E-state index in [2.05, 4.69) is 11.4 Å². The van der Waals surface area contributed by atoms with E-state index in [1.54, 1.807) is 7.11 Å². The molecule has 1 aromatic carbocycles. The third-order valence-corrected chi connectivity index (χ3v) is 3.66. The Morgan fingerprint density at radius 3 is 2.62 bits per heavy atom. The Bertz CT molecular complexity index is 482. The summed E-state index contributed by atoms with van der Waals surface area (Å²) in [4.78, 5) is 0. The molecule has 1 aromatic rings. The van der Waals surface area contributed by atoms with Gasteiger partial charge in [-0.1, -0.05) is 19.9 Å². The lowest BCUT2D eigenvalue weighted by atomic mass is 9.92. The minimum Gasteiger partial charge on any atom is -0.493 e. The molecule has 1 unspecified atom stereocenters. The number of nitrogens with one attached hydrogen (secondary N) is 1. The fourth-order valence-corrected chi connectivity index (χ4v) is 2.35. The number of hydrogen-bond donors (Lipinski definition) is 1. The minimum atomic E-state index is -0.435. The molecule has 4 nitrogen and oxygen atoms in total. The lowest BCUT2D eigenvalue weighted by molar-refractivity contribution is 0.265. The molecule has 1 atom stereocenters. The van der Waals surface area contributed by atoms with Crippen LogP contribution in [0.5, 0.6) is 11.5 Å². The van der Waals surface area contributed by atoms with Crippen molar-refractivity contribution in [2.75, 3.05) is 20.3 Å². The Morgan fingerprint density at radius 2 is 2.05 bits per heavy atom. The predicted molar refractivity (Wildman–Crippen MR) is 84.8 cm³/mol. The number of ether oxygens (including phenoxy) is 2. The summed E-state index contributed by atoms with van der Waals surface area (Å²) in [6.45, 7) is 7.46. The molecule has 0 saturated carbocycles. The molecule has 0 saturated heterocycles. The summed E-state index contributed by atoms with van der Waals surface area (Å²) < 4.78 is 11.1. The van der Waals surface area contributed by atoms with Crippen molar-refractivity contribution >= 4 is 0 Å². The first kappa shape index (κ1) is 17.3. The molecule has 0 aliphatic heterocycles. The van der Waals surface area contributed by atoms with Gasteiger partial charge in [0.25, 0.3) is 0 Å². The van der Waals surface area contributed by atoms with Crippen molar-refractivity contribution in [3.8, 4) is 17.6 Å². The quantitative estimate of drug-likeness (QED) is 0.708. The minimum absolute atomic E-state index is 0.435. The molecule has 0 aliphatic rings. The van der Waals surface area contributed by atoms with Crippen LogP contribution in [0.4, 0.5) is 0 Å². The average Bonchev–Trinajstić information content (AvgIpc) is 2.51. The van der Waals surface area contributed by atoms with E-state index in [0.29, 0.717) is 6.61 Å². The van der Waals surface area contributed by atoms with Gasteiger partial charge < -0.3 is 9.47 Å². The predicted octanol–water partition coefficient (Wildman–Crippen LogP) is 3.44. The van der Waals surface area contributed by atoms with Crippen molar-refractivity contribution in [1.29, 1.82) is 5.26 Å². The number of rotatable bonds is 9. The average molecular weight is 290 g/mol. The van der Waals surface area contributed by atoms with Crippen LogP contribution < -0.4 is 14.8 Å². The second-order valence-electron chi connectivity index (χ2n) is 5.18. The number of benzene rings is 1. The van der Waals surface area contributed by atoms with Gasteiger partial charge in [0, 0.05) is 0 Å². The molecule has 4 heteroatoms. The summed E-state index contributed by atoms with van der Waals surface area (Å²) in [5.74, 6) is 1.51. The lowest BCUT2D eigenvalue weighted by Crippen LogP contribution is -2.43. The van der Waals surface area contributed by atoms with Crippen molar-refractivity contribution in [3.05, 3.63) is 23.8 Å². The van der Waals surface area contributed by atoms with Crippen molar-refractivity contribution in [2.24, 2.45) is 0 Å². The van der Waals surface area contributed by atoms with E-state index in [9.17, 15) is 5.26 Å². The van der Waals surface area contributed by atoms with Gasteiger partial charge in [-0.3, -0.25) is 5.32 Å². The van der Waals surface area contributed by atoms with Crippen LogP contribution in [-0.4, -0.2) is 25.8 Å². The molecule has 0 radical (unpaired) electrons. The highest BCUT2D eigenvalue weighted by Gasteiger charge is 2.25. The van der Waals surface area contributed by atoms with Crippen LogP contribution in [0, 0.1) is 18.3 Å². The van der Waals surface area contributed by atoms with Crippen LogP contribution >= 0.6 is 0 Å². The van der Waals surface area contributed by atoms with Gasteiger partial charge in [-0.2, -0.15) is 5.26 Å². The largest absolute Gasteiger partial charge is 0.493 e. The Kier molecular flexibility index (Phi) is 7.04. The maximum atomic E-state index is 9.36. The van der Waals surface area contributed by atoms with Gasteiger partial charge in [-0.05, 0) is 50.4 Å². The van der Waals surface area contributed by atoms with Crippen LogP contribution in [-0.2, 0) is 0 Å². The molecule has 0 heterocycles. The molecular formula is C17H26N2O2. The number of nitrogens with zero attached hydrogens (tertiary/aromatic N) is 1. The number of hydrogen-bond acceptors (Lipinski definition) is 4. The third kappa shape index (κ3) is 4.95. The molecular weight excluding hydrogens is 264 g/mol. The molecule has 0 bridgehead atoms. The summed E-state index contributed by atoms with van der Waals surface area (Å²) >= 11 is 0. The van der Waals surface area contributed by atoms with Crippen LogP contribution in [0.3, 0.4) is 0 Å². The summed E-state index contributed by atoms with van der Waals surface area (Å²) in [7, 11) is 1.64. The zero-order valence-electron chi connectivity index (χ0n) is 13.5. The van der Waals surface area contributed by atoms with E-state index in [4.69, 9.17) is 9.47 Å². The topological polar surface area (TPSA) is 54.3 Å². The molecule has 0 spiro atoms. The maximum Gasteiger partial charge on any atom is 0.161 e. The second-order valence-corrected chi connectivity index (χ2v) is 5.18. The standard InChI is InChI=1S/C17H26N2O2/c1-5-17(13-18,19-6-2)10-7-11-21-15-9-8-14(3)12-16(15)20-4/h8-9,12,19H,5-7,10-11H2,1-4H3. The van der Waals surface area contributed by atoms with Crippen LogP contribution in [0.25, 0.3) is 0 Å². The Hall–Kier alpha value is -1.73. The lowest BCUT2D eigenvalue weighted by Gasteiger charge is -2.26. The van der Waals surface area contributed by atoms with Crippen molar-refractivity contribution in [2.45, 2.75) is 45.6 Å². The summed E-state index contributed by atoms with van der Waals surface area (Å²) in [6.07, 6.45) is 2.40. The van der Waals surface area contributed by atoms with E-state index >= 15 is 0 Å². The Morgan fingerprint density at radius 1 is 1.29 bits per heavy atom. The van der Waals surface area contributed by atoms with E-state index in [1.165, 1.54) is 0 Å². The van der Waals surface area contributed by atoms with E-state index in [1.807, 2.05) is 39.0 Å². The second kappa shape index (κ2) is 8.53. The Balaban J connectivity index is 2.52. The molecule has 1 N–H and O–H groups in total. The number of nitriles is 1. The van der Waals surface area contributed by atoms with E-state index in [0.717, 1.165) is 42.9 Å². The van der Waals surface area contributed by atoms with Gasteiger partial charge in [-0.25, -0.2) is 0 Å². The normalized spacial score (nSPS) is 13.3.